The molecule has 13 heavy (non-hydrogen) atoms. The van der Waals surface area contributed by atoms with Crippen LogP contribution in [0.15, 0.2) is 24.3 Å². The van der Waals surface area contributed by atoms with E-state index in [4.69, 9.17) is 0 Å². The van der Waals surface area contributed by atoms with Crippen molar-refractivity contribution < 1.29 is 4.79 Å². The van der Waals surface area contributed by atoms with E-state index in [1.807, 2.05) is 17.0 Å². The van der Waals surface area contributed by atoms with Crippen LogP contribution in [0.3, 0.4) is 0 Å². The summed E-state index contributed by atoms with van der Waals surface area (Å²) in [5, 5.41) is 0. The van der Waals surface area contributed by atoms with E-state index in [9.17, 15) is 4.79 Å². The van der Waals surface area contributed by atoms with Gasteiger partial charge in [0.2, 0.25) is 5.91 Å². The molecule has 2 nitrogen and oxygen atoms in total. The first kappa shape index (κ1) is 8.30. The Labute approximate surface area is 78.2 Å². The van der Waals surface area contributed by atoms with E-state index in [-0.39, 0.29) is 5.91 Å². The van der Waals surface area contributed by atoms with Crippen molar-refractivity contribution in [2.75, 3.05) is 13.1 Å². The average Bonchev–Trinajstić information content (AvgIpc) is 2.02. The van der Waals surface area contributed by atoms with Crippen LogP contribution in [0.1, 0.15) is 18.4 Å². The van der Waals surface area contributed by atoms with Gasteiger partial charge in [-0.15, -0.1) is 0 Å². The van der Waals surface area contributed by atoms with E-state index >= 15 is 0 Å². The number of benzene rings is 1. The molecule has 0 saturated carbocycles. The topological polar surface area (TPSA) is 20.3 Å². The smallest absolute Gasteiger partial charge is 0.219 e. The second-order valence-electron chi connectivity index (χ2n) is 3.45. The van der Waals surface area contributed by atoms with Crippen LogP contribution in [-0.4, -0.2) is 23.9 Å². The maximum atomic E-state index is 10.9. The van der Waals surface area contributed by atoms with Gasteiger partial charge < -0.3 is 4.90 Å². The standard InChI is InChI=1S/C11H12NO/c1-9(13)12-7-11(8-12)10-5-3-2-4-6-10/h3-6,11H,7-8H2,1H3. The van der Waals surface area contributed by atoms with E-state index in [2.05, 4.69) is 18.2 Å². The molecule has 0 bridgehead atoms. The predicted molar refractivity (Wildman–Crippen MR) is 50.3 cm³/mol. The molecule has 1 aliphatic heterocycles. The molecule has 0 N–H and O–H groups in total. The van der Waals surface area contributed by atoms with Crippen molar-refractivity contribution in [3.05, 3.63) is 35.9 Å². The lowest BCUT2D eigenvalue weighted by Gasteiger charge is -2.38. The SMILES string of the molecule is CC(=O)N1CC(c2cc[c]cc2)C1. The normalized spacial score (nSPS) is 16.8. The van der Waals surface area contributed by atoms with Gasteiger partial charge in [-0.2, -0.15) is 0 Å². The van der Waals surface area contributed by atoms with Gasteiger partial charge in [-0.05, 0) is 11.6 Å². The van der Waals surface area contributed by atoms with Crippen molar-refractivity contribution in [1.82, 2.24) is 4.90 Å². The molecular formula is C11H12NO. The summed E-state index contributed by atoms with van der Waals surface area (Å²) in [4.78, 5) is 12.8. The van der Waals surface area contributed by atoms with Crippen LogP contribution in [0, 0.1) is 6.07 Å². The molecule has 1 amide bonds. The van der Waals surface area contributed by atoms with Gasteiger partial charge in [0.1, 0.15) is 0 Å². The highest BCUT2D eigenvalue weighted by molar-refractivity contribution is 5.74. The first-order chi connectivity index (χ1) is 6.27. The molecule has 0 aromatic heterocycles. The predicted octanol–water partition coefficient (Wildman–Crippen LogP) is 1.43. The molecule has 1 aliphatic rings. The monoisotopic (exact) mass is 174 g/mol. The van der Waals surface area contributed by atoms with Gasteiger partial charge in [0.15, 0.2) is 0 Å². The Kier molecular flexibility index (Phi) is 2.05. The van der Waals surface area contributed by atoms with Gasteiger partial charge in [0.25, 0.3) is 0 Å². The van der Waals surface area contributed by atoms with Gasteiger partial charge in [-0.3, -0.25) is 4.79 Å². The summed E-state index contributed by atoms with van der Waals surface area (Å²) in [6, 6.07) is 11.0. The summed E-state index contributed by atoms with van der Waals surface area (Å²) in [7, 11) is 0. The van der Waals surface area contributed by atoms with Crippen LogP contribution in [0.25, 0.3) is 0 Å². The molecular weight excluding hydrogens is 162 g/mol. The quantitative estimate of drug-likeness (QED) is 0.630. The molecule has 1 aromatic carbocycles. The molecule has 2 heteroatoms. The largest absolute Gasteiger partial charge is 0.342 e. The van der Waals surface area contributed by atoms with Crippen LogP contribution in [0.2, 0.25) is 0 Å². The number of hydrogen-bond donors (Lipinski definition) is 0. The highest BCUT2D eigenvalue weighted by Crippen LogP contribution is 2.26. The molecule has 1 saturated heterocycles. The van der Waals surface area contributed by atoms with Gasteiger partial charge in [0.05, 0.1) is 0 Å². The third kappa shape index (κ3) is 1.57. The lowest BCUT2D eigenvalue weighted by atomic mass is 9.92. The minimum Gasteiger partial charge on any atom is -0.342 e. The summed E-state index contributed by atoms with van der Waals surface area (Å²) in [5.74, 6) is 0.720. The Balaban J connectivity index is 1.98. The summed E-state index contributed by atoms with van der Waals surface area (Å²) in [6.45, 7) is 3.37. The molecule has 0 spiro atoms. The first-order valence-electron chi connectivity index (χ1n) is 4.49. The highest BCUT2D eigenvalue weighted by Gasteiger charge is 2.29. The Hall–Kier alpha value is -1.31. The average molecular weight is 174 g/mol. The Morgan fingerprint density at radius 3 is 2.62 bits per heavy atom. The van der Waals surface area contributed by atoms with Crippen LogP contribution in [0.4, 0.5) is 0 Å². The van der Waals surface area contributed by atoms with Crippen molar-refractivity contribution in [1.29, 1.82) is 0 Å². The van der Waals surface area contributed by atoms with Gasteiger partial charge in [-0.25, -0.2) is 0 Å². The summed E-state index contributed by atoms with van der Waals surface area (Å²) >= 11 is 0. The van der Waals surface area contributed by atoms with E-state index in [0.717, 1.165) is 13.1 Å². The van der Waals surface area contributed by atoms with E-state index in [1.165, 1.54) is 5.56 Å². The minimum atomic E-state index is 0.179. The van der Waals surface area contributed by atoms with Crippen LogP contribution >= 0.6 is 0 Å². The van der Waals surface area contributed by atoms with Gasteiger partial charge in [-0.1, -0.05) is 24.3 Å². The molecule has 1 radical (unpaired) electrons. The fourth-order valence-corrected chi connectivity index (χ4v) is 1.62. The number of carbonyl (C=O) groups excluding carboxylic acids is 1. The molecule has 0 unspecified atom stereocenters. The van der Waals surface area contributed by atoms with Gasteiger partial charge in [0, 0.05) is 25.9 Å². The first-order valence-corrected chi connectivity index (χ1v) is 4.49. The summed E-state index contributed by atoms with van der Waals surface area (Å²) < 4.78 is 0. The number of carbonyl (C=O) groups is 1. The lowest BCUT2D eigenvalue weighted by molar-refractivity contribution is -0.133. The fourth-order valence-electron chi connectivity index (χ4n) is 1.62. The number of amides is 1. The Morgan fingerprint density at radius 1 is 1.46 bits per heavy atom. The zero-order chi connectivity index (χ0) is 9.26. The minimum absolute atomic E-state index is 0.179. The highest BCUT2D eigenvalue weighted by atomic mass is 16.2. The van der Waals surface area contributed by atoms with Crippen molar-refractivity contribution in [2.24, 2.45) is 0 Å². The Bertz CT molecular complexity index is 301. The molecule has 1 heterocycles. The molecule has 2 rings (SSSR count). The third-order valence-electron chi connectivity index (χ3n) is 2.54. The number of nitrogens with zero attached hydrogens (tertiary/aromatic N) is 1. The fraction of sp³-hybridized carbons (Fsp3) is 0.364. The number of rotatable bonds is 1. The van der Waals surface area contributed by atoms with Crippen LogP contribution in [-0.2, 0) is 4.79 Å². The van der Waals surface area contributed by atoms with E-state index in [1.54, 1.807) is 6.92 Å². The summed E-state index contributed by atoms with van der Waals surface area (Å²) in [6.07, 6.45) is 0. The van der Waals surface area contributed by atoms with E-state index in [0.29, 0.717) is 5.92 Å². The Morgan fingerprint density at radius 2 is 2.08 bits per heavy atom. The number of hydrogen-bond acceptors (Lipinski definition) is 1. The molecule has 0 atom stereocenters. The molecule has 67 valence electrons. The zero-order valence-corrected chi connectivity index (χ0v) is 7.66. The van der Waals surface area contributed by atoms with Crippen molar-refractivity contribution in [3.63, 3.8) is 0 Å². The number of likely N-dealkylation sites (tertiary alicyclic amines) is 1. The van der Waals surface area contributed by atoms with Crippen molar-refractivity contribution in [2.45, 2.75) is 12.8 Å². The van der Waals surface area contributed by atoms with Crippen LogP contribution in [0.5, 0.6) is 0 Å². The molecule has 0 aliphatic carbocycles. The maximum Gasteiger partial charge on any atom is 0.219 e. The van der Waals surface area contributed by atoms with Crippen LogP contribution < -0.4 is 0 Å². The van der Waals surface area contributed by atoms with Crippen molar-refractivity contribution in [3.8, 4) is 0 Å². The second kappa shape index (κ2) is 3.21. The second-order valence-corrected chi connectivity index (χ2v) is 3.45. The molecule has 1 aromatic rings. The zero-order valence-electron chi connectivity index (χ0n) is 7.66. The van der Waals surface area contributed by atoms with E-state index < -0.39 is 0 Å². The maximum absolute atomic E-state index is 10.9. The summed E-state index contributed by atoms with van der Waals surface area (Å²) in [5.41, 5.74) is 1.32. The third-order valence-corrected chi connectivity index (χ3v) is 2.54. The van der Waals surface area contributed by atoms with Crippen molar-refractivity contribution >= 4 is 5.91 Å². The molecule has 1 fully saturated rings. The van der Waals surface area contributed by atoms with Gasteiger partial charge >= 0.3 is 0 Å². The lowest BCUT2D eigenvalue weighted by Crippen LogP contribution is -2.47.